The van der Waals surface area contributed by atoms with E-state index in [0.29, 0.717) is 31.2 Å². The molecule has 4 aromatic heterocycles. The van der Waals surface area contributed by atoms with E-state index in [2.05, 4.69) is 36.4 Å². The van der Waals surface area contributed by atoms with Gasteiger partial charge >= 0.3 is 0 Å². The number of nitrogens with zero attached hydrogens (tertiary/aromatic N) is 5. The van der Waals surface area contributed by atoms with E-state index < -0.39 is 0 Å². The molecule has 2 N–H and O–H groups in total. The minimum atomic E-state index is -0.126. The molecule has 1 aliphatic rings. The largest absolute Gasteiger partial charge is 0.370 e. The molecule has 1 aromatic carbocycles. The van der Waals surface area contributed by atoms with Crippen LogP contribution in [0.2, 0.25) is 0 Å². The van der Waals surface area contributed by atoms with Crippen LogP contribution in [0.5, 0.6) is 0 Å². The fraction of sp³-hybridized carbons (Fsp3) is 0.208. The van der Waals surface area contributed by atoms with Crippen molar-refractivity contribution in [3.63, 3.8) is 0 Å². The summed E-state index contributed by atoms with van der Waals surface area (Å²) in [5.41, 5.74) is 3.58. The van der Waals surface area contributed by atoms with Gasteiger partial charge in [-0.25, -0.2) is 9.97 Å². The van der Waals surface area contributed by atoms with Crippen LogP contribution in [-0.4, -0.2) is 50.8 Å². The number of anilines is 1. The zero-order valence-corrected chi connectivity index (χ0v) is 19.0. The van der Waals surface area contributed by atoms with Gasteiger partial charge in [0.1, 0.15) is 6.10 Å². The van der Waals surface area contributed by atoms with E-state index in [1.165, 1.54) is 0 Å². The average molecular weight is 472 g/mol. The maximum Gasteiger partial charge on any atom is 0.251 e. The number of morpholine rings is 1. The number of H-pyrrole nitrogens is 1. The number of rotatable bonds is 5. The Kier molecular flexibility index (Phi) is 5.36. The van der Waals surface area contributed by atoms with Crippen LogP contribution in [0.1, 0.15) is 26.9 Å². The van der Waals surface area contributed by atoms with Crippen LogP contribution in [-0.2, 0) is 11.3 Å². The summed E-state index contributed by atoms with van der Waals surface area (Å²) in [7, 11) is 0. The van der Waals surface area contributed by atoms with Crippen molar-refractivity contribution in [2.24, 2.45) is 0 Å². The Morgan fingerprint density at radius 2 is 2.15 bits per heavy atom. The first-order chi connectivity index (χ1) is 16.7. The number of carbonyl (C=O) groups is 1. The number of hydrogen-bond acceptors (Lipinski definition) is 8. The second kappa shape index (κ2) is 8.81. The van der Waals surface area contributed by atoms with Gasteiger partial charge in [0.25, 0.3) is 5.91 Å². The normalized spacial score (nSPS) is 16.2. The van der Waals surface area contributed by atoms with Gasteiger partial charge in [0.05, 0.1) is 47.8 Å². The van der Waals surface area contributed by atoms with Crippen molar-refractivity contribution in [3.05, 3.63) is 77.2 Å². The number of carbonyl (C=O) groups excluding carboxylic acids is 1. The molecule has 6 rings (SSSR count). The predicted molar refractivity (Wildman–Crippen MR) is 130 cm³/mol. The maximum atomic E-state index is 12.3. The molecule has 0 aliphatic carbocycles. The zero-order chi connectivity index (χ0) is 22.9. The topological polar surface area (TPSA) is 109 Å². The van der Waals surface area contributed by atoms with Crippen molar-refractivity contribution in [2.75, 3.05) is 24.6 Å². The van der Waals surface area contributed by atoms with Gasteiger partial charge in [-0.3, -0.25) is 14.9 Å². The third-order valence-electron chi connectivity index (χ3n) is 5.89. The molecule has 5 aromatic rings. The van der Waals surface area contributed by atoms with Crippen LogP contribution >= 0.6 is 11.3 Å². The number of thiophene rings is 1. The Labute approximate surface area is 198 Å². The molecule has 1 saturated heterocycles. The standard InChI is InChI=1S/C24H21N7O2S/c32-23(15-4-6-25-7-5-15)26-11-16-10-20-22(34-16)13-27-24(29-20)31-8-9-33-21(14-31)17-2-1-3-19-18(17)12-28-30-19/h1-7,10,12-13,21H,8-9,11,14H2,(H,26,32)(H,28,30). The summed E-state index contributed by atoms with van der Waals surface area (Å²) in [4.78, 5) is 28.9. The molecule has 1 unspecified atom stereocenters. The summed E-state index contributed by atoms with van der Waals surface area (Å²) in [5, 5.41) is 11.2. The number of amides is 1. The van der Waals surface area contributed by atoms with Crippen molar-refractivity contribution in [1.29, 1.82) is 0 Å². The van der Waals surface area contributed by atoms with Crippen molar-refractivity contribution < 1.29 is 9.53 Å². The number of aromatic nitrogens is 5. The quantitative estimate of drug-likeness (QED) is 0.404. The minimum Gasteiger partial charge on any atom is -0.370 e. The van der Waals surface area contributed by atoms with Gasteiger partial charge in [-0.05, 0) is 29.8 Å². The van der Waals surface area contributed by atoms with Crippen LogP contribution in [0.3, 0.4) is 0 Å². The first-order valence-corrected chi connectivity index (χ1v) is 11.8. The second-order valence-electron chi connectivity index (χ2n) is 8.03. The molecule has 0 bridgehead atoms. The van der Waals surface area contributed by atoms with Gasteiger partial charge in [0.15, 0.2) is 0 Å². The molecule has 1 amide bonds. The molecule has 170 valence electrons. The van der Waals surface area contributed by atoms with E-state index in [9.17, 15) is 4.79 Å². The third kappa shape index (κ3) is 3.97. The molecule has 0 spiro atoms. The highest BCUT2D eigenvalue weighted by molar-refractivity contribution is 7.18. The molecule has 5 heterocycles. The summed E-state index contributed by atoms with van der Waals surface area (Å²) in [6, 6.07) is 11.5. The van der Waals surface area contributed by atoms with Crippen molar-refractivity contribution in [3.8, 4) is 0 Å². The zero-order valence-electron chi connectivity index (χ0n) is 18.1. The summed E-state index contributed by atoms with van der Waals surface area (Å²) < 4.78 is 7.09. The van der Waals surface area contributed by atoms with Crippen molar-refractivity contribution in [2.45, 2.75) is 12.6 Å². The highest BCUT2D eigenvalue weighted by Crippen LogP contribution is 2.31. The van der Waals surface area contributed by atoms with Gasteiger partial charge in [-0.1, -0.05) is 12.1 Å². The number of ether oxygens (including phenoxy) is 1. The van der Waals surface area contributed by atoms with Gasteiger partial charge in [-0.2, -0.15) is 5.10 Å². The van der Waals surface area contributed by atoms with Gasteiger partial charge in [0.2, 0.25) is 5.95 Å². The molecule has 1 fully saturated rings. The Morgan fingerprint density at radius 3 is 3.06 bits per heavy atom. The van der Waals surface area contributed by atoms with E-state index in [4.69, 9.17) is 9.72 Å². The summed E-state index contributed by atoms with van der Waals surface area (Å²) >= 11 is 1.58. The van der Waals surface area contributed by atoms with Crippen LogP contribution < -0.4 is 10.2 Å². The maximum absolute atomic E-state index is 12.3. The lowest BCUT2D eigenvalue weighted by molar-refractivity contribution is 0.0402. The lowest BCUT2D eigenvalue weighted by atomic mass is 10.0. The number of pyridine rings is 1. The van der Waals surface area contributed by atoms with E-state index in [1.807, 2.05) is 30.6 Å². The smallest absolute Gasteiger partial charge is 0.251 e. The first-order valence-electron chi connectivity index (χ1n) is 11.0. The molecular weight excluding hydrogens is 450 g/mol. The van der Waals surface area contributed by atoms with Gasteiger partial charge in [-0.15, -0.1) is 11.3 Å². The molecule has 10 heteroatoms. The highest BCUT2D eigenvalue weighted by atomic mass is 32.1. The monoisotopic (exact) mass is 471 g/mol. The van der Waals surface area contributed by atoms with Crippen LogP contribution in [0.15, 0.2) is 61.2 Å². The Balaban J connectivity index is 1.18. The fourth-order valence-electron chi connectivity index (χ4n) is 4.18. The van der Waals surface area contributed by atoms with Gasteiger partial charge in [0, 0.05) is 34.8 Å². The Morgan fingerprint density at radius 1 is 1.24 bits per heavy atom. The molecule has 0 radical (unpaired) electrons. The van der Waals surface area contributed by atoms with E-state index in [0.717, 1.165) is 38.1 Å². The number of fused-ring (bicyclic) bond motifs is 2. The Bertz CT molecular complexity index is 1470. The number of hydrogen-bond donors (Lipinski definition) is 2. The van der Waals surface area contributed by atoms with E-state index >= 15 is 0 Å². The lowest BCUT2D eigenvalue weighted by Gasteiger charge is -2.33. The lowest BCUT2D eigenvalue weighted by Crippen LogP contribution is -2.39. The molecule has 9 nitrogen and oxygen atoms in total. The fourth-order valence-corrected chi connectivity index (χ4v) is 5.09. The first kappa shape index (κ1) is 20.7. The summed E-state index contributed by atoms with van der Waals surface area (Å²) in [5.74, 6) is 0.559. The number of nitrogens with one attached hydrogen (secondary N) is 2. The van der Waals surface area contributed by atoms with Crippen LogP contribution in [0.25, 0.3) is 21.1 Å². The minimum absolute atomic E-state index is 0.0872. The molecule has 1 atom stereocenters. The van der Waals surface area contributed by atoms with Crippen LogP contribution in [0.4, 0.5) is 5.95 Å². The van der Waals surface area contributed by atoms with E-state index in [-0.39, 0.29) is 12.0 Å². The molecule has 1 aliphatic heterocycles. The number of benzene rings is 1. The molecule has 34 heavy (non-hydrogen) atoms. The summed E-state index contributed by atoms with van der Waals surface area (Å²) in [6.07, 6.45) is 6.83. The molecular formula is C24H21N7O2S. The summed E-state index contributed by atoms with van der Waals surface area (Å²) in [6.45, 7) is 2.42. The van der Waals surface area contributed by atoms with Crippen molar-refractivity contribution >= 4 is 44.3 Å². The predicted octanol–water partition coefficient (Wildman–Crippen LogP) is 3.47. The average Bonchev–Trinajstić information content (AvgIpc) is 3.54. The van der Waals surface area contributed by atoms with Crippen LogP contribution in [0, 0.1) is 0 Å². The van der Waals surface area contributed by atoms with E-state index in [1.54, 1.807) is 35.9 Å². The van der Waals surface area contributed by atoms with Crippen molar-refractivity contribution in [1.82, 2.24) is 30.5 Å². The molecule has 0 saturated carbocycles. The third-order valence-corrected chi connectivity index (χ3v) is 6.95. The second-order valence-corrected chi connectivity index (χ2v) is 9.20. The SMILES string of the molecule is O=C(NCc1cc2nc(N3CCOC(c4cccc5[nH]ncc45)C3)ncc2s1)c1ccncc1. The highest BCUT2D eigenvalue weighted by Gasteiger charge is 2.25. The number of aromatic amines is 1. The Hall–Kier alpha value is -3.89. The van der Waals surface area contributed by atoms with Gasteiger partial charge < -0.3 is 15.0 Å².